The van der Waals surface area contributed by atoms with Crippen molar-refractivity contribution < 1.29 is 0 Å². The molecule has 3 aromatic carbocycles. The molecule has 2 aliphatic rings. The van der Waals surface area contributed by atoms with E-state index in [2.05, 4.69) is 102 Å². The molecular formula is C31H19N3S. The monoisotopic (exact) mass is 465 g/mol. The van der Waals surface area contributed by atoms with Gasteiger partial charge in [0.1, 0.15) is 0 Å². The maximum Gasteiger partial charge on any atom is 0.0964 e. The first-order chi connectivity index (χ1) is 17.3. The summed E-state index contributed by atoms with van der Waals surface area (Å²) in [5, 5.41) is 3.78. The maximum absolute atomic E-state index is 5.04. The molecule has 164 valence electrons. The van der Waals surface area contributed by atoms with Gasteiger partial charge in [-0.2, -0.15) is 0 Å². The van der Waals surface area contributed by atoms with Gasteiger partial charge in [0.05, 0.1) is 33.9 Å². The van der Waals surface area contributed by atoms with Gasteiger partial charge in [-0.05, 0) is 35.9 Å². The van der Waals surface area contributed by atoms with E-state index in [-0.39, 0.29) is 5.92 Å². The number of hydrogen-bond donors (Lipinski definition) is 0. The molecule has 1 atom stereocenters. The van der Waals surface area contributed by atoms with E-state index in [0.717, 1.165) is 22.3 Å². The molecule has 4 heteroatoms. The fourth-order valence-electron chi connectivity index (χ4n) is 5.49. The van der Waals surface area contributed by atoms with Crippen molar-refractivity contribution in [2.24, 2.45) is 10.9 Å². The van der Waals surface area contributed by atoms with Crippen molar-refractivity contribution in [1.82, 2.24) is 9.55 Å². The summed E-state index contributed by atoms with van der Waals surface area (Å²) >= 11 is 1.85. The summed E-state index contributed by atoms with van der Waals surface area (Å²) in [6.45, 7) is 0. The number of allylic oxidation sites excluding steroid dienone is 5. The van der Waals surface area contributed by atoms with Crippen molar-refractivity contribution in [3.8, 4) is 11.1 Å². The molecule has 6 aromatic rings. The number of aromatic nitrogens is 2. The number of hydrogen-bond acceptors (Lipinski definition) is 3. The highest BCUT2D eigenvalue weighted by Gasteiger charge is 2.27. The summed E-state index contributed by atoms with van der Waals surface area (Å²) in [5.74, 6) is 0.150. The first-order valence-corrected chi connectivity index (χ1v) is 12.6. The molecule has 0 radical (unpaired) electrons. The third-order valence-corrected chi connectivity index (χ3v) is 8.26. The molecule has 0 fully saturated rings. The smallest absolute Gasteiger partial charge is 0.0964 e. The molecule has 1 unspecified atom stereocenters. The Kier molecular flexibility index (Phi) is 3.87. The Morgan fingerprint density at radius 2 is 1.63 bits per heavy atom. The van der Waals surface area contributed by atoms with Gasteiger partial charge in [0.2, 0.25) is 0 Å². The normalized spacial score (nSPS) is 17.0. The quantitative estimate of drug-likeness (QED) is 0.253. The highest BCUT2D eigenvalue weighted by Crippen LogP contribution is 2.42. The molecule has 4 heterocycles. The summed E-state index contributed by atoms with van der Waals surface area (Å²) in [5.41, 5.74) is 7.88. The molecule has 1 aliphatic heterocycles. The fourth-order valence-corrected chi connectivity index (χ4v) is 6.61. The Morgan fingerprint density at radius 1 is 0.743 bits per heavy atom. The summed E-state index contributed by atoms with van der Waals surface area (Å²) in [6, 6.07) is 26.1. The SMILES string of the molecule is C1=CC2=NC=C(n3c4cc5sc6ccccc6c5cc4c4ncc(-c5ccccc5)cc43)C2C=C1. The first kappa shape index (κ1) is 19.1. The van der Waals surface area contributed by atoms with Crippen LogP contribution in [0.3, 0.4) is 0 Å². The number of pyridine rings is 1. The van der Waals surface area contributed by atoms with Crippen LogP contribution in [0.4, 0.5) is 0 Å². The lowest BCUT2D eigenvalue weighted by atomic mass is 9.97. The highest BCUT2D eigenvalue weighted by atomic mass is 32.1. The summed E-state index contributed by atoms with van der Waals surface area (Å²) in [7, 11) is 0. The van der Waals surface area contributed by atoms with Crippen LogP contribution in [0.25, 0.3) is 58.9 Å². The molecule has 0 N–H and O–H groups in total. The van der Waals surface area contributed by atoms with Crippen molar-refractivity contribution in [1.29, 1.82) is 0 Å². The summed E-state index contributed by atoms with van der Waals surface area (Å²) in [6.07, 6.45) is 12.6. The predicted molar refractivity (Wildman–Crippen MR) is 149 cm³/mol. The standard InChI is InChI=1S/C31H19N3S/c1-2-8-19(9-3-1)20-14-27-31(33-17-20)24-15-23-21-10-5-7-13-29(21)35-30(23)16-26(24)34(27)28-18-32-25-12-6-4-11-22(25)28/h1-18,22H. The van der Waals surface area contributed by atoms with E-state index in [1.165, 1.54) is 42.3 Å². The highest BCUT2D eigenvalue weighted by molar-refractivity contribution is 7.25. The van der Waals surface area contributed by atoms with Crippen LogP contribution in [0.15, 0.2) is 114 Å². The number of thiophene rings is 1. The van der Waals surface area contributed by atoms with Crippen LogP contribution >= 0.6 is 11.3 Å². The molecule has 1 aliphatic carbocycles. The zero-order chi connectivity index (χ0) is 22.9. The van der Waals surface area contributed by atoms with E-state index in [4.69, 9.17) is 9.98 Å². The van der Waals surface area contributed by atoms with Gasteiger partial charge in [0.25, 0.3) is 0 Å². The van der Waals surface area contributed by atoms with Crippen LogP contribution in [-0.2, 0) is 0 Å². The first-order valence-electron chi connectivity index (χ1n) is 11.8. The van der Waals surface area contributed by atoms with Gasteiger partial charge in [-0.3, -0.25) is 9.98 Å². The van der Waals surface area contributed by atoms with Crippen LogP contribution in [0.1, 0.15) is 0 Å². The van der Waals surface area contributed by atoms with E-state index in [1.54, 1.807) is 0 Å². The summed E-state index contributed by atoms with van der Waals surface area (Å²) in [4.78, 5) is 9.80. The van der Waals surface area contributed by atoms with E-state index in [0.29, 0.717) is 0 Å². The molecule has 0 saturated heterocycles. The van der Waals surface area contributed by atoms with E-state index in [1.807, 2.05) is 23.7 Å². The minimum atomic E-state index is 0.150. The largest absolute Gasteiger partial charge is 0.309 e. The third kappa shape index (κ3) is 2.71. The molecule has 3 nitrogen and oxygen atoms in total. The second kappa shape index (κ2) is 7.11. The zero-order valence-electron chi connectivity index (χ0n) is 18.7. The van der Waals surface area contributed by atoms with Crippen molar-refractivity contribution in [3.63, 3.8) is 0 Å². The molecule has 0 amide bonds. The van der Waals surface area contributed by atoms with Gasteiger partial charge >= 0.3 is 0 Å². The molecule has 8 rings (SSSR count). The lowest BCUT2D eigenvalue weighted by molar-refractivity contribution is 1.05. The number of benzene rings is 3. The molecular weight excluding hydrogens is 446 g/mol. The van der Waals surface area contributed by atoms with Crippen LogP contribution < -0.4 is 0 Å². The van der Waals surface area contributed by atoms with Gasteiger partial charge in [0, 0.05) is 43.5 Å². The average Bonchev–Trinajstić information content (AvgIpc) is 3.59. The Labute approximate surface area is 205 Å². The lowest BCUT2D eigenvalue weighted by Gasteiger charge is -2.17. The zero-order valence-corrected chi connectivity index (χ0v) is 19.5. The van der Waals surface area contributed by atoms with E-state index < -0.39 is 0 Å². The number of aliphatic imine (C=N–C) groups is 1. The third-order valence-electron chi connectivity index (χ3n) is 7.13. The minimum Gasteiger partial charge on any atom is -0.309 e. The predicted octanol–water partition coefficient (Wildman–Crippen LogP) is 8.22. The number of rotatable bonds is 2. The van der Waals surface area contributed by atoms with Crippen LogP contribution in [-0.4, -0.2) is 15.3 Å². The topological polar surface area (TPSA) is 30.2 Å². The maximum atomic E-state index is 5.04. The Bertz CT molecular complexity index is 1950. The second-order valence-electron chi connectivity index (χ2n) is 9.09. The summed E-state index contributed by atoms with van der Waals surface area (Å²) < 4.78 is 5.00. The molecule has 0 saturated carbocycles. The Hall–Kier alpha value is -4.28. The molecule has 0 spiro atoms. The molecule has 0 bridgehead atoms. The number of nitrogens with zero attached hydrogens (tertiary/aromatic N) is 3. The van der Waals surface area contributed by atoms with Gasteiger partial charge in [-0.25, -0.2) is 0 Å². The van der Waals surface area contributed by atoms with Crippen LogP contribution in [0, 0.1) is 5.92 Å². The van der Waals surface area contributed by atoms with Crippen molar-refractivity contribution in [2.45, 2.75) is 0 Å². The van der Waals surface area contributed by atoms with Crippen LogP contribution in [0.5, 0.6) is 0 Å². The Balaban J connectivity index is 1.47. The van der Waals surface area contributed by atoms with Gasteiger partial charge in [-0.1, -0.05) is 66.8 Å². The number of fused-ring (bicyclic) bond motifs is 7. The minimum absolute atomic E-state index is 0.150. The fraction of sp³-hybridized carbons (Fsp3) is 0.0323. The lowest BCUT2D eigenvalue weighted by Crippen LogP contribution is -2.13. The van der Waals surface area contributed by atoms with E-state index >= 15 is 0 Å². The van der Waals surface area contributed by atoms with Gasteiger partial charge < -0.3 is 4.57 Å². The van der Waals surface area contributed by atoms with Crippen LogP contribution in [0.2, 0.25) is 0 Å². The van der Waals surface area contributed by atoms with E-state index in [9.17, 15) is 0 Å². The van der Waals surface area contributed by atoms with Crippen molar-refractivity contribution in [3.05, 3.63) is 109 Å². The van der Waals surface area contributed by atoms with Gasteiger partial charge in [0.15, 0.2) is 0 Å². The molecule has 3 aromatic heterocycles. The molecule has 35 heavy (non-hydrogen) atoms. The van der Waals surface area contributed by atoms with Crippen molar-refractivity contribution in [2.75, 3.05) is 0 Å². The Morgan fingerprint density at radius 3 is 2.57 bits per heavy atom. The second-order valence-corrected chi connectivity index (χ2v) is 10.2. The average molecular weight is 466 g/mol. The van der Waals surface area contributed by atoms with Gasteiger partial charge in [-0.15, -0.1) is 11.3 Å². The van der Waals surface area contributed by atoms with Crippen molar-refractivity contribution >= 4 is 64.9 Å².